The first-order chi connectivity index (χ1) is 16.8. The number of nitrogens with zero attached hydrogens (tertiary/aromatic N) is 2. The van der Waals surface area contributed by atoms with Gasteiger partial charge in [-0.15, -0.1) is 0 Å². The van der Waals surface area contributed by atoms with Gasteiger partial charge in [0.25, 0.3) is 0 Å². The van der Waals surface area contributed by atoms with Gasteiger partial charge in [0.1, 0.15) is 11.9 Å². The van der Waals surface area contributed by atoms with Crippen LogP contribution in [0.15, 0.2) is 71.8 Å². The molecular weight excluding hydrogens is 485 g/mol. The third-order valence-electron chi connectivity index (χ3n) is 6.29. The number of fused-ring (bicyclic) bond motifs is 3. The van der Waals surface area contributed by atoms with Crippen molar-refractivity contribution in [2.45, 2.75) is 24.5 Å². The van der Waals surface area contributed by atoms with Crippen molar-refractivity contribution in [2.75, 3.05) is 10.7 Å². The molecular formula is C27H23ClFN3O2S. The number of amides is 2. The summed E-state index contributed by atoms with van der Waals surface area (Å²) in [5, 5.41) is 5.29. The van der Waals surface area contributed by atoms with Gasteiger partial charge in [0.15, 0.2) is 0 Å². The number of carbonyl (C=O) groups excluding carboxylic acids is 2. The van der Waals surface area contributed by atoms with Crippen molar-refractivity contribution >= 4 is 51.8 Å². The lowest BCUT2D eigenvalue weighted by atomic mass is 10.0. The van der Waals surface area contributed by atoms with Gasteiger partial charge in [-0.05, 0) is 48.4 Å². The molecule has 0 bridgehead atoms. The maximum absolute atomic E-state index is 13.9. The quantitative estimate of drug-likeness (QED) is 0.381. The number of carbonyl (C=O) groups is 2. The van der Waals surface area contributed by atoms with Crippen molar-refractivity contribution in [3.8, 4) is 0 Å². The number of halogens is 2. The molecule has 178 valence electrons. The molecule has 0 radical (unpaired) electrons. The van der Waals surface area contributed by atoms with Crippen LogP contribution in [0.2, 0.25) is 5.02 Å². The zero-order chi connectivity index (χ0) is 24.7. The second kappa shape index (κ2) is 9.40. The highest BCUT2D eigenvalue weighted by Gasteiger charge is 2.39. The van der Waals surface area contributed by atoms with E-state index in [4.69, 9.17) is 11.6 Å². The standard InChI is InChI=1S/C27H23ClFN3O2S/c1-16-7-12-19(13-21(16)28)32-23(33)15-35-27-24(20-5-3-4-6-22(20)31(27)2)25(32)26(34)30-14-17-8-10-18(29)11-9-17/h3-13,25H,14-15H2,1-2H3,(H,30,34). The lowest BCUT2D eigenvalue weighted by Crippen LogP contribution is -2.43. The molecule has 1 N–H and O–H groups in total. The molecule has 5 rings (SSSR count). The highest BCUT2D eigenvalue weighted by atomic mass is 35.5. The zero-order valence-corrected chi connectivity index (χ0v) is 20.8. The van der Waals surface area contributed by atoms with Gasteiger partial charge in [-0.3, -0.25) is 14.5 Å². The lowest BCUT2D eigenvalue weighted by molar-refractivity contribution is -0.125. The Kier molecular flexibility index (Phi) is 6.30. The number of anilines is 1. The van der Waals surface area contributed by atoms with E-state index >= 15 is 0 Å². The number of nitrogens with one attached hydrogen (secondary N) is 1. The Bertz CT molecular complexity index is 1450. The summed E-state index contributed by atoms with van der Waals surface area (Å²) in [5.41, 5.74) is 3.98. The smallest absolute Gasteiger partial charge is 0.248 e. The number of aryl methyl sites for hydroxylation is 2. The fourth-order valence-electron chi connectivity index (χ4n) is 4.47. The Hall–Kier alpha value is -3.29. The number of benzene rings is 3. The van der Waals surface area contributed by atoms with Crippen LogP contribution in [-0.2, 0) is 23.2 Å². The molecule has 0 saturated heterocycles. The maximum atomic E-state index is 13.9. The first kappa shape index (κ1) is 23.5. The number of rotatable bonds is 4. The van der Waals surface area contributed by atoms with Crippen LogP contribution < -0.4 is 10.2 Å². The molecule has 35 heavy (non-hydrogen) atoms. The van der Waals surface area contributed by atoms with Gasteiger partial charge in [-0.25, -0.2) is 4.39 Å². The summed E-state index contributed by atoms with van der Waals surface area (Å²) in [7, 11) is 1.95. The third kappa shape index (κ3) is 4.30. The largest absolute Gasteiger partial charge is 0.350 e. The molecule has 0 spiro atoms. The fourth-order valence-corrected chi connectivity index (χ4v) is 5.72. The summed E-state index contributed by atoms with van der Waals surface area (Å²) in [6, 6.07) is 18.3. The van der Waals surface area contributed by atoms with Crippen LogP contribution in [0, 0.1) is 12.7 Å². The molecule has 1 aliphatic rings. The predicted molar refractivity (Wildman–Crippen MR) is 138 cm³/mol. The van der Waals surface area contributed by atoms with E-state index in [0.29, 0.717) is 10.7 Å². The summed E-state index contributed by atoms with van der Waals surface area (Å²) in [4.78, 5) is 28.9. The Labute approximate surface area is 211 Å². The molecule has 0 fully saturated rings. The number of hydrogen-bond donors (Lipinski definition) is 1. The predicted octanol–water partition coefficient (Wildman–Crippen LogP) is 5.78. The van der Waals surface area contributed by atoms with Crippen molar-refractivity contribution in [1.29, 1.82) is 0 Å². The Morgan fingerprint density at radius 1 is 1.14 bits per heavy atom. The monoisotopic (exact) mass is 507 g/mol. The van der Waals surface area contributed by atoms with Crippen LogP contribution in [-0.4, -0.2) is 22.1 Å². The van der Waals surface area contributed by atoms with Crippen molar-refractivity contribution in [3.05, 3.63) is 94.3 Å². The van der Waals surface area contributed by atoms with Gasteiger partial charge >= 0.3 is 0 Å². The average molecular weight is 508 g/mol. The summed E-state index contributed by atoms with van der Waals surface area (Å²) in [6.07, 6.45) is 0. The Balaban J connectivity index is 1.64. The zero-order valence-electron chi connectivity index (χ0n) is 19.2. The Morgan fingerprint density at radius 3 is 2.63 bits per heavy atom. The minimum atomic E-state index is -0.905. The minimum Gasteiger partial charge on any atom is -0.350 e. The maximum Gasteiger partial charge on any atom is 0.248 e. The van der Waals surface area contributed by atoms with Crippen LogP contribution >= 0.6 is 23.4 Å². The molecule has 0 aliphatic carbocycles. The molecule has 2 amide bonds. The molecule has 2 heterocycles. The van der Waals surface area contributed by atoms with Crippen molar-refractivity contribution in [1.82, 2.24) is 9.88 Å². The molecule has 8 heteroatoms. The van der Waals surface area contributed by atoms with Crippen molar-refractivity contribution < 1.29 is 14.0 Å². The first-order valence-electron chi connectivity index (χ1n) is 11.2. The van der Waals surface area contributed by atoms with Crippen LogP contribution in [0.4, 0.5) is 10.1 Å². The minimum absolute atomic E-state index is 0.183. The molecule has 3 aromatic carbocycles. The summed E-state index contributed by atoms with van der Waals surface area (Å²) in [6.45, 7) is 2.10. The van der Waals surface area contributed by atoms with Crippen LogP contribution in [0.1, 0.15) is 22.7 Å². The molecule has 4 aromatic rings. The van der Waals surface area contributed by atoms with E-state index in [2.05, 4.69) is 5.32 Å². The summed E-state index contributed by atoms with van der Waals surface area (Å²) in [5.74, 6) is -0.657. The van der Waals surface area contributed by atoms with Gasteiger partial charge in [-0.2, -0.15) is 0 Å². The van der Waals surface area contributed by atoms with E-state index in [1.165, 1.54) is 23.9 Å². The molecule has 1 aromatic heterocycles. The van der Waals surface area contributed by atoms with E-state index in [9.17, 15) is 14.0 Å². The topological polar surface area (TPSA) is 54.3 Å². The second-order valence-electron chi connectivity index (χ2n) is 8.53. The number of thioether (sulfide) groups is 1. The van der Waals surface area contributed by atoms with Gasteiger partial charge in [0.2, 0.25) is 11.8 Å². The third-order valence-corrected chi connectivity index (χ3v) is 7.85. The van der Waals surface area contributed by atoms with Gasteiger partial charge in [0, 0.05) is 40.8 Å². The van der Waals surface area contributed by atoms with Gasteiger partial charge in [0.05, 0.1) is 10.8 Å². The normalized spacial score (nSPS) is 15.7. The highest BCUT2D eigenvalue weighted by molar-refractivity contribution is 8.00. The SMILES string of the molecule is Cc1ccc(N2C(=O)CSc3c(c4ccccc4n3C)C2C(=O)NCc2ccc(F)cc2)cc1Cl. The van der Waals surface area contributed by atoms with E-state index in [0.717, 1.165) is 32.6 Å². The molecule has 1 unspecified atom stereocenters. The van der Waals surface area contributed by atoms with Gasteiger partial charge in [-0.1, -0.05) is 59.8 Å². The van der Waals surface area contributed by atoms with E-state index in [1.54, 1.807) is 23.1 Å². The van der Waals surface area contributed by atoms with Crippen LogP contribution in [0.25, 0.3) is 10.9 Å². The molecule has 0 saturated carbocycles. The summed E-state index contributed by atoms with van der Waals surface area (Å²) < 4.78 is 15.4. The number of aromatic nitrogens is 1. The van der Waals surface area contributed by atoms with E-state index < -0.39 is 6.04 Å². The number of para-hydroxylation sites is 1. The fraction of sp³-hybridized carbons (Fsp3) is 0.185. The first-order valence-corrected chi connectivity index (χ1v) is 12.5. The highest BCUT2D eigenvalue weighted by Crippen LogP contribution is 2.43. The van der Waals surface area contributed by atoms with Crippen LogP contribution in [0.3, 0.4) is 0 Å². The lowest BCUT2D eigenvalue weighted by Gasteiger charge is -2.30. The number of hydrogen-bond acceptors (Lipinski definition) is 3. The molecule has 1 aliphatic heterocycles. The van der Waals surface area contributed by atoms with Crippen molar-refractivity contribution in [3.63, 3.8) is 0 Å². The average Bonchev–Trinajstić information content (AvgIpc) is 3.03. The second-order valence-corrected chi connectivity index (χ2v) is 9.90. The molecule has 1 atom stereocenters. The van der Waals surface area contributed by atoms with Gasteiger partial charge < -0.3 is 9.88 Å². The summed E-state index contributed by atoms with van der Waals surface area (Å²) >= 11 is 7.85. The molecule has 5 nitrogen and oxygen atoms in total. The van der Waals surface area contributed by atoms with Crippen molar-refractivity contribution in [2.24, 2.45) is 7.05 Å². The van der Waals surface area contributed by atoms with Crippen LogP contribution in [0.5, 0.6) is 0 Å². The van der Waals surface area contributed by atoms with E-state index in [1.807, 2.05) is 54.9 Å². The Morgan fingerprint density at radius 2 is 1.89 bits per heavy atom. The van der Waals surface area contributed by atoms with E-state index in [-0.39, 0.29) is 29.9 Å².